The fourth-order valence-corrected chi connectivity index (χ4v) is 12.2. The fraction of sp³-hybridized carbons (Fsp3) is 0.0286. The summed E-state index contributed by atoms with van der Waals surface area (Å²) in [7, 11) is 0. The van der Waals surface area contributed by atoms with E-state index in [2.05, 4.69) is 235 Å². The summed E-state index contributed by atoms with van der Waals surface area (Å²) < 4.78 is 51.2. The molecule has 338 valence electrons. The predicted molar refractivity (Wildman–Crippen MR) is 296 cm³/mol. The summed E-state index contributed by atoms with van der Waals surface area (Å²) in [5, 5.41) is 0.958. The lowest BCUT2D eigenvalue weighted by molar-refractivity contribution is 0.616. The minimum atomic E-state index is -0.684. The molecule has 2 nitrogen and oxygen atoms in total. The summed E-state index contributed by atoms with van der Waals surface area (Å²) in [4.78, 5) is 2.22. The topological polar surface area (TPSA) is 16.4 Å². The van der Waals surface area contributed by atoms with Crippen LogP contribution in [0.5, 0.6) is 0 Å². The standard InChI is InChI=1S/C70H47NO/c1-6-20-48(21-7-1)51-42-52(50-35-39-66-63(45-50)61-31-17-19-33-65(61)69(66,53-22-8-2-9-23-53)54-24-10-3-11-25-54)44-59(43-51)71(58-36-34-49-40-41-72-68(49)47-58)57-37-38-62-60-30-16-18-32-64(60)70(67(62)46-57,55-26-12-4-13-27-55)56-28-14-5-15-29-56/h1-47H/i1D,6D,7D,20D,21D. The maximum Gasteiger partial charge on any atom is 0.135 e. The van der Waals surface area contributed by atoms with E-state index in [4.69, 9.17) is 8.53 Å². The van der Waals surface area contributed by atoms with Crippen molar-refractivity contribution in [3.8, 4) is 44.5 Å². The molecule has 2 heteroatoms. The van der Waals surface area contributed by atoms with Crippen molar-refractivity contribution >= 4 is 28.0 Å². The molecular formula is C70H47NO. The Balaban J connectivity index is 1.05. The molecule has 0 N–H and O–H groups in total. The molecule has 0 atom stereocenters. The van der Waals surface area contributed by atoms with Crippen LogP contribution >= 0.6 is 0 Å². The van der Waals surface area contributed by atoms with Gasteiger partial charge in [-0.1, -0.05) is 218 Å². The van der Waals surface area contributed by atoms with E-state index in [0.717, 1.165) is 78.1 Å². The van der Waals surface area contributed by atoms with Gasteiger partial charge in [0.15, 0.2) is 0 Å². The van der Waals surface area contributed by atoms with E-state index in [1.807, 2.05) is 18.2 Å². The average Bonchev–Trinajstić information content (AvgIpc) is 4.39. The van der Waals surface area contributed by atoms with E-state index >= 15 is 0 Å². The number of rotatable bonds is 9. The number of hydrogen-bond acceptors (Lipinski definition) is 2. The molecule has 1 aromatic heterocycles. The van der Waals surface area contributed by atoms with Crippen LogP contribution in [-0.4, -0.2) is 0 Å². The van der Waals surface area contributed by atoms with Crippen LogP contribution in [0.2, 0.25) is 0 Å². The first-order valence-corrected chi connectivity index (χ1v) is 24.5. The Morgan fingerprint density at radius 1 is 0.319 bits per heavy atom. The Bertz CT molecular complexity index is 4180. The zero-order valence-electron chi connectivity index (χ0n) is 44.1. The van der Waals surface area contributed by atoms with Crippen molar-refractivity contribution in [1.29, 1.82) is 0 Å². The van der Waals surface area contributed by atoms with Gasteiger partial charge in [-0.15, -0.1) is 0 Å². The van der Waals surface area contributed by atoms with Crippen molar-refractivity contribution in [2.24, 2.45) is 0 Å². The lowest BCUT2D eigenvalue weighted by Gasteiger charge is -2.35. The first kappa shape index (κ1) is 36.7. The number of benzene rings is 11. The molecular weight excluding hydrogens is 871 g/mol. The number of nitrogens with zero attached hydrogens (tertiary/aromatic N) is 1. The highest BCUT2D eigenvalue weighted by atomic mass is 16.3. The SMILES string of the molecule is [2H]c1c([2H])c([2H])c(-c2cc(-c3ccc4c(c3)-c3ccccc3C4(c3ccccc3)c3ccccc3)cc(N(c3ccc4c(c3)C(c3ccccc3)(c3ccccc3)c3ccccc3-4)c3ccc4ccoc4c3)c2)c([2H])c1[2H]. The van der Waals surface area contributed by atoms with Gasteiger partial charge in [-0.25, -0.2) is 0 Å². The van der Waals surface area contributed by atoms with Gasteiger partial charge in [0.25, 0.3) is 0 Å². The smallest absolute Gasteiger partial charge is 0.135 e. The minimum Gasteiger partial charge on any atom is -0.464 e. The van der Waals surface area contributed by atoms with Gasteiger partial charge in [0.2, 0.25) is 0 Å². The van der Waals surface area contributed by atoms with Crippen molar-refractivity contribution in [3.63, 3.8) is 0 Å². The Morgan fingerprint density at radius 3 is 1.42 bits per heavy atom. The highest BCUT2D eigenvalue weighted by molar-refractivity contribution is 5.94. The van der Waals surface area contributed by atoms with Crippen LogP contribution in [0.3, 0.4) is 0 Å². The molecule has 2 aliphatic rings. The average molecular weight is 923 g/mol. The van der Waals surface area contributed by atoms with Crippen molar-refractivity contribution < 1.29 is 11.3 Å². The van der Waals surface area contributed by atoms with Crippen LogP contribution in [0.15, 0.2) is 290 Å². The quantitative estimate of drug-likeness (QED) is 0.143. The van der Waals surface area contributed by atoms with Gasteiger partial charge in [0.1, 0.15) is 5.58 Å². The van der Waals surface area contributed by atoms with Crippen molar-refractivity contribution in [2.75, 3.05) is 4.90 Å². The summed E-state index contributed by atoms with van der Waals surface area (Å²) in [6, 6.07) is 86.3. The number of fused-ring (bicyclic) bond motifs is 7. The molecule has 0 bridgehead atoms. The second kappa shape index (κ2) is 16.7. The second-order valence-corrected chi connectivity index (χ2v) is 18.8. The third kappa shape index (κ3) is 6.29. The molecule has 0 unspecified atom stereocenters. The number of furan rings is 1. The predicted octanol–water partition coefficient (Wildman–Crippen LogP) is 18.0. The second-order valence-electron chi connectivity index (χ2n) is 18.8. The molecule has 14 rings (SSSR count). The van der Waals surface area contributed by atoms with Crippen molar-refractivity contribution in [1.82, 2.24) is 0 Å². The molecule has 1 heterocycles. The van der Waals surface area contributed by atoms with Gasteiger partial charge in [-0.3, -0.25) is 0 Å². The molecule has 12 aromatic rings. The van der Waals surface area contributed by atoms with E-state index in [1.165, 1.54) is 22.3 Å². The van der Waals surface area contributed by atoms with Crippen LogP contribution in [0.25, 0.3) is 55.5 Å². The Labute approximate surface area is 427 Å². The minimum absolute atomic E-state index is 0.121. The van der Waals surface area contributed by atoms with Gasteiger partial charge in [0.05, 0.1) is 23.9 Å². The summed E-state index contributed by atoms with van der Waals surface area (Å²) in [6.07, 6.45) is 1.70. The molecule has 72 heavy (non-hydrogen) atoms. The highest BCUT2D eigenvalue weighted by Crippen LogP contribution is 2.59. The summed E-state index contributed by atoms with van der Waals surface area (Å²) in [5.41, 5.74) is 18.0. The van der Waals surface area contributed by atoms with Crippen LogP contribution in [0, 0.1) is 0 Å². The van der Waals surface area contributed by atoms with Crippen molar-refractivity contribution in [2.45, 2.75) is 10.8 Å². The molecule has 0 saturated heterocycles. The third-order valence-corrected chi connectivity index (χ3v) is 15.2. The van der Waals surface area contributed by atoms with Crippen molar-refractivity contribution in [3.05, 3.63) is 330 Å². The molecule has 0 saturated carbocycles. The van der Waals surface area contributed by atoms with E-state index in [-0.39, 0.29) is 17.6 Å². The largest absolute Gasteiger partial charge is 0.464 e. The molecule has 0 aliphatic heterocycles. The Kier molecular flexibility index (Phi) is 8.53. The molecule has 0 radical (unpaired) electrons. The van der Waals surface area contributed by atoms with E-state index in [0.29, 0.717) is 11.1 Å². The maximum absolute atomic E-state index is 9.37. The molecule has 2 aliphatic carbocycles. The van der Waals surface area contributed by atoms with Crippen LogP contribution in [-0.2, 0) is 10.8 Å². The molecule has 0 amide bonds. The van der Waals surface area contributed by atoms with Gasteiger partial charge >= 0.3 is 0 Å². The third-order valence-electron chi connectivity index (χ3n) is 15.2. The Morgan fingerprint density at radius 2 is 0.806 bits per heavy atom. The summed E-state index contributed by atoms with van der Waals surface area (Å²) >= 11 is 0. The van der Waals surface area contributed by atoms with Gasteiger partial charge in [-0.2, -0.15) is 0 Å². The van der Waals surface area contributed by atoms with Gasteiger partial charge in [0, 0.05) is 28.5 Å². The fourth-order valence-electron chi connectivity index (χ4n) is 12.2. The highest BCUT2D eigenvalue weighted by Gasteiger charge is 2.47. The van der Waals surface area contributed by atoms with E-state index in [9.17, 15) is 2.74 Å². The van der Waals surface area contributed by atoms with E-state index in [1.54, 1.807) is 6.26 Å². The zero-order valence-corrected chi connectivity index (χ0v) is 39.1. The maximum atomic E-state index is 9.37. The zero-order chi connectivity index (χ0) is 52.0. The van der Waals surface area contributed by atoms with Crippen LogP contribution < -0.4 is 4.90 Å². The lowest BCUT2D eigenvalue weighted by Crippen LogP contribution is -2.28. The molecule has 11 aromatic carbocycles. The molecule has 0 fully saturated rings. The first-order chi connectivity index (χ1) is 37.8. The normalized spacial score (nSPS) is 14.5. The van der Waals surface area contributed by atoms with Gasteiger partial charge in [-0.05, 0) is 144 Å². The van der Waals surface area contributed by atoms with Crippen LogP contribution in [0.1, 0.15) is 51.4 Å². The first-order valence-electron chi connectivity index (χ1n) is 27.0. The summed E-state index contributed by atoms with van der Waals surface area (Å²) in [6.45, 7) is 0. The van der Waals surface area contributed by atoms with Crippen LogP contribution in [0.4, 0.5) is 17.1 Å². The van der Waals surface area contributed by atoms with E-state index < -0.39 is 29.0 Å². The van der Waals surface area contributed by atoms with Gasteiger partial charge < -0.3 is 9.32 Å². The lowest BCUT2D eigenvalue weighted by atomic mass is 9.67. The number of anilines is 3. The number of hydrogen-bond donors (Lipinski definition) is 0. The monoisotopic (exact) mass is 922 g/mol. The summed E-state index contributed by atoms with van der Waals surface area (Å²) in [5.74, 6) is 0. The Hall–Kier alpha value is -9.24. The molecule has 0 spiro atoms.